The second kappa shape index (κ2) is 13.7. The molecule has 4 aromatic rings. The maximum Gasteiger partial charge on any atom is 0.573 e. The van der Waals surface area contributed by atoms with Gasteiger partial charge in [-0.25, -0.2) is 17.6 Å². The normalized spacial score (nSPS) is 17.0. The highest BCUT2D eigenvalue weighted by molar-refractivity contribution is 5.72. The van der Waals surface area contributed by atoms with Gasteiger partial charge in [0, 0.05) is 28.7 Å². The summed E-state index contributed by atoms with van der Waals surface area (Å²) in [5.74, 6) is -6.49. The number of rotatable bonds is 10. The molecule has 0 aliphatic carbocycles. The highest BCUT2D eigenvalue weighted by Gasteiger charge is 2.42. The number of allylic oxidation sites excluding steroid dienone is 1. The Morgan fingerprint density at radius 3 is 1.81 bits per heavy atom. The van der Waals surface area contributed by atoms with E-state index >= 15 is 13.2 Å². The molecule has 1 heterocycles. The fourth-order valence-electron chi connectivity index (χ4n) is 5.01. The van der Waals surface area contributed by atoms with Crippen LogP contribution in [-0.2, 0) is 15.6 Å². The molecule has 4 aromatic carbocycles. The van der Waals surface area contributed by atoms with Crippen molar-refractivity contribution >= 4 is 0 Å². The fraction of sp³-hybridized carbons (Fsp3) is 0.235. The standard InChI is InChI=1S/C34H25F9O4/c1-2-3-4-19-17-44-32(45-18-19)22-14-29(37)31(30(38)15-22)33(39,40)46-24-10-12-26(28(36)16-24)21-7-11-25(27(35)13-21)20-5-8-23(9-6-20)47-34(41,42)43/h2,5-16,19,32H,1,3-4,17-18H2. The molecule has 248 valence electrons. The molecule has 13 heteroatoms. The lowest BCUT2D eigenvalue weighted by Crippen LogP contribution is -2.28. The molecule has 0 bridgehead atoms. The van der Waals surface area contributed by atoms with Crippen molar-refractivity contribution in [3.8, 4) is 33.8 Å². The largest absolute Gasteiger partial charge is 0.573 e. The minimum absolute atomic E-state index is 0.00839. The van der Waals surface area contributed by atoms with E-state index in [9.17, 15) is 26.3 Å². The van der Waals surface area contributed by atoms with E-state index in [0.29, 0.717) is 18.2 Å². The Morgan fingerprint density at radius 2 is 1.23 bits per heavy atom. The molecule has 0 radical (unpaired) electrons. The van der Waals surface area contributed by atoms with E-state index in [0.717, 1.165) is 43.2 Å². The van der Waals surface area contributed by atoms with Crippen LogP contribution in [0.4, 0.5) is 39.5 Å². The third-order valence-electron chi connectivity index (χ3n) is 7.24. The van der Waals surface area contributed by atoms with Crippen molar-refractivity contribution in [2.45, 2.75) is 31.6 Å². The summed E-state index contributed by atoms with van der Waals surface area (Å²) >= 11 is 0. The third-order valence-corrected chi connectivity index (χ3v) is 7.24. The van der Waals surface area contributed by atoms with Crippen LogP contribution < -0.4 is 9.47 Å². The topological polar surface area (TPSA) is 36.9 Å². The molecule has 0 amide bonds. The van der Waals surface area contributed by atoms with Gasteiger partial charge < -0.3 is 18.9 Å². The van der Waals surface area contributed by atoms with E-state index < -0.39 is 59.1 Å². The van der Waals surface area contributed by atoms with Gasteiger partial charge in [-0.15, -0.1) is 19.8 Å². The highest BCUT2D eigenvalue weighted by Crippen LogP contribution is 2.39. The molecule has 0 N–H and O–H groups in total. The Labute approximate surface area is 263 Å². The first-order valence-electron chi connectivity index (χ1n) is 14.1. The molecule has 1 fully saturated rings. The molecule has 1 aliphatic heterocycles. The molecule has 47 heavy (non-hydrogen) atoms. The molecule has 4 nitrogen and oxygen atoms in total. The lowest BCUT2D eigenvalue weighted by molar-refractivity contribution is -0.274. The lowest BCUT2D eigenvalue weighted by Gasteiger charge is -2.30. The van der Waals surface area contributed by atoms with Crippen LogP contribution in [0.25, 0.3) is 22.3 Å². The van der Waals surface area contributed by atoms with Crippen LogP contribution in [0.1, 0.15) is 30.3 Å². The Kier molecular flexibility index (Phi) is 9.87. The van der Waals surface area contributed by atoms with Crippen molar-refractivity contribution < 1.29 is 58.5 Å². The van der Waals surface area contributed by atoms with Crippen LogP contribution in [0.15, 0.2) is 85.5 Å². The molecular formula is C34H25F9O4. The molecule has 5 rings (SSSR count). The average molecular weight is 669 g/mol. The summed E-state index contributed by atoms with van der Waals surface area (Å²) in [5.41, 5.74) is -1.90. The van der Waals surface area contributed by atoms with Gasteiger partial charge in [-0.3, -0.25) is 0 Å². The van der Waals surface area contributed by atoms with E-state index in [1.165, 1.54) is 24.3 Å². The summed E-state index contributed by atoms with van der Waals surface area (Å²) in [7, 11) is 0. The highest BCUT2D eigenvalue weighted by atomic mass is 19.4. The summed E-state index contributed by atoms with van der Waals surface area (Å²) in [4.78, 5) is 0. The molecule has 0 spiro atoms. The average Bonchev–Trinajstić information content (AvgIpc) is 2.99. The van der Waals surface area contributed by atoms with Gasteiger partial charge in [0.25, 0.3) is 0 Å². The zero-order valence-corrected chi connectivity index (χ0v) is 24.2. The van der Waals surface area contributed by atoms with E-state index in [1.54, 1.807) is 6.08 Å². The SMILES string of the molecule is C=CCCC1COC(c2cc(F)c(C(F)(F)Oc3ccc(-c4ccc(-c5ccc(OC(F)(F)F)cc5)c(F)c4)c(F)c3)c(F)c2)OC1. The molecule has 1 aliphatic rings. The van der Waals surface area contributed by atoms with Crippen molar-refractivity contribution in [2.24, 2.45) is 5.92 Å². The van der Waals surface area contributed by atoms with Gasteiger partial charge in [0.05, 0.1) is 13.2 Å². The number of halogens is 9. The Balaban J connectivity index is 1.29. The minimum atomic E-state index is -4.90. The first-order valence-corrected chi connectivity index (χ1v) is 14.1. The van der Waals surface area contributed by atoms with E-state index in [1.807, 2.05) is 0 Å². The summed E-state index contributed by atoms with van der Waals surface area (Å²) in [6.07, 6.45) is -7.45. The predicted octanol–water partition coefficient (Wildman–Crippen LogP) is 10.2. The van der Waals surface area contributed by atoms with Gasteiger partial charge in [0.2, 0.25) is 0 Å². The summed E-state index contributed by atoms with van der Waals surface area (Å²) in [5, 5.41) is 0. The summed E-state index contributed by atoms with van der Waals surface area (Å²) < 4.78 is 146. The number of ether oxygens (including phenoxy) is 4. The lowest BCUT2D eigenvalue weighted by atomic mass is 9.99. The van der Waals surface area contributed by atoms with Gasteiger partial charge in [-0.05, 0) is 66.4 Å². The van der Waals surface area contributed by atoms with Crippen LogP contribution >= 0.6 is 0 Å². The molecule has 0 atom stereocenters. The summed E-state index contributed by atoms with van der Waals surface area (Å²) in [6.45, 7) is 4.10. The van der Waals surface area contributed by atoms with Gasteiger partial charge in [0.15, 0.2) is 6.29 Å². The second-order valence-electron chi connectivity index (χ2n) is 10.6. The molecule has 0 unspecified atom stereocenters. The van der Waals surface area contributed by atoms with Crippen molar-refractivity contribution in [1.29, 1.82) is 0 Å². The Bertz CT molecular complexity index is 1710. The van der Waals surface area contributed by atoms with Crippen LogP contribution in [0.3, 0.4) is 0 Å². The molecular weight excluding hydrogens is 643 g/mol. The fourth-order valence-corrected chi connectivity index (χ4v) is 5.01. The van der Waals surface area contributed by atoms with Crippen molar-refractivity contribution in [3.05, 3.63) is 120 Å². The maximum atomic E-state index is 15.0. The molecule has 0 aromatic heterocycles. The number of benzene rings is 4. The maximum absolute atomic E-state index is 15.0. The van der Waals surface area contributed by atoms with Gasteiger partial charge in [-0.1, -0.05) is 30.3 Å². The monoisotopic (exact) mass is 668 g/mol. The second-order valence-corrected chi connectivity index (χ2v) is 10.6. The van der Waals surface area contributed by atoms with Crippen LogP contribution in [0.2, 0.25) is 0 Å². The Morgan fingerprint density at radius 1 is 0.681 bits per heavy atom. The predicted molar refractivity (Wildman–Crippen MR) is 152 cm³/mol. The minimum Gasteiger partial charge on any atom is -0.429 e. The zero-order chi connectivity index (χ0) is 33.9. The third kappa shape index (κ3) is 8.09. The van der Waals surface area contributed by atoms with Crippen LogP contribution in [-0.4, -0.2) is 19.6 Å². The van der Waals surface area contributed by atoms with Crippen LogP contribution in [0, 0.1) is 29.2 Å². The first kappa shape index (κ1) is 33.9. The van der Waals surface area contributed by atoms with E-state index in [-0.39, 0.29) is 46.9 Å². The molecule has 0 saturated carbocycles. The van der Waals surface area contributed by atoms with Gasteiger partial charge in [-0.2, -0.15) is 8.78 Å². The Hall–Kier alpha value is -4.49. The van der Waals surface area contributed by atoms with Crippen molar-refractivity contribution in [1.82, 2.24) is 0 Å². The van der Waals surface area contributed by atoms with Crippen LogP contribution in [0.5, 0.6) is 11.5 Å². The smallest absolute Gasteiger partial charge is 0.429 e. The van der Waals surface area contributed by atoms with E-state index in [2.05, 4.69) is 16.1 Å². The zero-order valence-electron chi connectivity index (χ0n) is 24.2. The quantitative estimate of drug-likeness (QED) is 0.125. The number of hydrogen-bond acceptors (Lipinski definition) is 4. The number of hydrogen-bond donors (Lipinski definition) is 0. The summed E-state index contributed by atoms with van der Waals surface area (Å²) in [6, 6.07) is 11.7. The van der Waals surface area contributed by atoms with Gasteiger partial charge in [0.1, 0.15) is 40.3 Å². The first-order chi connectivity index (χ1) is 22.2. The van der Waals surface area contributed by atoms with Crippen molar-refractivity contribution in [3.63, 3.8) is 0 Å². The van der Waals surface area contributed by atoms with Crippen molar-refractivity contribution in [2.75, 3.05) is 13.2 Å². The van der Waals surface area contributed by atoms with Gasteiger partial charge >= 0.3 is 12.5 Å². The van der Waals surface area contributed by atoms with E-state index in [4.69, 9.17) is 9.47 Å². The molecule has 1 saturated heterocycles. The number of alkyl halides is 5.